The first kappa shape index (κ1) is 15.1. The second-order valence-electron chi connectivity index (χ2n) is 4.37. The third-order valence-electron chi connectivity index (χ3n) is 2.98. The normalized spacial score (nSPS) is 11.1. The van der Waals surface area contributed by atoms with E-state index in [1.165, 1.54) is 6.07 Å². The molecule has 0 saturated carbocycles. The van der Waals surface area contributed by atoms with Crippen LogP contribution < -0.4 is 11.3 Å². The largest absolute Gasteiger partial charge is 0.427 e. The molecule has 8 heteroatoms. The highest BCUT2D eigenvalue weighted by Crippen LogP contribution is 2.26. The third-order valence-corrected chi connectivity index (χ3v) is 4.02. The Morgan fingerprint density at radius 1 is 1.00 bits per heavy atom. The predicted molar refractivity (Wildman–Crippen MR) is 83.4 cm³/mol. The second kappa shape index (κ2) is 5.44. The molecule has 0 aliphatic rings. The van der Waals surface area contributed by atoms with Crippen LogP contribution in [0.25, 0.3) is 16.7 Å². The zero-order chi connectivity index (χ0) is 16.0. The highest BCUT2D eigenvalue weighted by Gasteiger charge is 2.15. The van der Waals surface area contributed by atoms with E-state index in [2.05, 4.69) is 31.9 Å². The van der Waals surface area contributed by atoms with Gasteiger partial charge in [-0.3, -0.25) is 4.79 Å². The number of benzene rings is 2. The van der Waals surface area contributed by atoms with Gasteiger partial charge in [-0.05, 0) is 40.2 Å². The Bertz CT molecular complexity index is 1030. The standard InChI is InChI=1S/C14H5Br2F2NO3/c15-6-3-8-12(9(16)4-6)22-14(21)19(13(8)20)7-1-2-10(17)11(18)5-7/h1-5H. The summed E-state index contributed by atoms with van der Waals surface area (Å²) in [6.45, 7) is 0. The summed E-state index contributed by atoms with van der Waals surface area (Å²) < 4.78 is 33.1. The van der Waals surface area contributed by atoms with E-state index in [0.717, 1.165) is 18.2 Å². The van der Waals surface area contributed by atoms with Crippen LogP contribution in [0.1, 0.15) is 0 Å². The zero-order valence-electron chi connectivity index (χ0n) is 10.6. The van der Waals surface area contributed by atoms with Gasteiger partial charge in [-0.2, -0.15) is 0 Å². The van der Waals surface area contributed by atoms with Crippen LogP contribution in [0, 0.1) is 11.6 Å². The van der Waals surface area contributed by atoms with Crippen LogP contribution >= 0.6 is 31.9 Å². The fourth-order valence-corrected chi connectivity index (χ4v) is 3.31. The minimum absolute atomic E-state index is 0.0806. The molecule has 4 nitrogen and oxygen atoms in total. The van der Waals surface area contributed by atoms with E-state index < -0.39 is 22.9 Å². The summed E-state index contributed by atoms with van der Waals surface area (Å²) in [6, 6.07) is 5.80. The molecular formula is C14H5Br2F2NO3. The van der Waals surface area contributed by atoms with Gasteiger partial charge in [-0.1, -0.05) is 15.9 Å². The zero-order valence-corrected chi connectivity index (χ0v) is 13.7. The summed E-state index contributed by atoms with van der Waals surface area (Å²) in [5.74, 6) is -3.24. The Labute approximate surface area is 138 Å². The lowest BCUT2D eigenvalue weighted by molar-refractivity contribution is 0.494. The maximum Gasteiger partial charge on any atom is 0.427 e. The fraction of sp³-hybridized carbons (Fsp3) is 0. The van der Waals surface area contributed by atoms with Gasteiger partial charge in [-0.15, -0.1) is 0 Å². The van der Waals surface area contributed by atoms with Crippen molar-refractivity contribution in [2.24, 2.45) is 0 Å². The maximum absolute atomic E-state index is 13.3. The minimum Gasteiger partial charge on any atom is -0.408 e. The number of aromatic nitrogens is 1. The Kier molecular flexibility index (Phi) is 3.73. The van der Waals surface area contributed by atoms with E-state index in [-0.39, 0.29) is 16.7 Å². The van der Waals surface area contributed by atoms with Crippen LogP contribution in [0.4, 0.5) is 8.78 Å². The fourth-order valence-electron chi connectivity index (χ4n) is 2.01. The number of nitrogens with zero attached hydrogens (tertiary/aromatic N) is 1. The van der Waals surface area contributed by atoms with Crippen molar-refractivity contribution in [3.63, 3.8) is 0 Å². The van der Waals surface area contributed by atoms with Crippen molar-refractivity contribution in [3.8, 4) is 5.69 Å². The van der Waals surface area contributed by atoms with E-state index in [1.54, 1.807) is 6.07 Å². The molecule has 0 spiro atoms. The summed E-state index contributed by atoms with van der Waals surface area (Å²) in [5, 5.41) is 0.116. The summed E-state index contributed by atoms with van der Waals surface area (Å²) in [7, 11) is 0. The molecule has 0 unspecified atom stereocenters. The van der Waals surface area contributed by atoms with Crippen molar-refractivity contribution in [1.82, 2.24) is 4.57 Å². The quantitative estimate of drug-likeness (QED) is 0.588. The van der Waals surface area contributed by atoms with Gasteiger partial charge in [-0.25, -0.2) is 18.1 Å². The number of fused-ring (bicyclic) bond motifs is 1. The minimum atomic E-state index is -1.17. The smallest absolute Gasteiger partial charge is 0.408 e. The number of rotatable bonds is 1. The molecule has 0 aliphatic carbocycles. The highest BCUT2D eigenvalue weighted by atomic mass is 79.9. The van der Waals surface area contributed by atoms with E-state index in [1.807, 2.05) is 0 Å². The lowest BCUT2D eigenvalue weighted by Gasteiger charge is -2.07. The first-order valence-electron chi connectivity index (χ1n) is 5.89. The third kappa shape index (κ3) is 2.42. The van der Waals surface area contributed by atoms with Crippen LogP contribution in [0.2, 0.25) is 0 Å². The van der Waals surface area contributed by atoms with Gasteiger partial charge >= 0.3 is 5.76 Å². The maximum atomic E-state index is 13.3. The SMILES string of the molecule is O=c1oc2c(Br)cc(Br)cc2c(=O)n1-c1ccc(F)c(F)c1. The molecule has 22 heavy (non-hydrogen) atoms. The topological polar surface area (TPSA) is 52.2 Å². The number of halogens is 4. The van der Waals surface area contributed by atoms with Gasteiger partial charge in [0.25, 0.3) is 5.56 Å². The van der Waals surface area contributed by atoms with Crippen molar-refractivity contribution >= 4 is 42.8 Å². The monoisotopic (exact) mass is 431 g/mol. The molecule has 0 radical (unpaired) electrons. The van der Waals surface area contributed by atoms with Crippen LogP contribution in [-0.2, 0) is 0 Å². The molecule has 0 fully saturated rings. The molecule has 1 aromatic heterocycles. The molecule has 0 aliphatic heterocycles. The molecule has 2 aromatic carbocycles. The van der Waals surface area contributed by atoms with Gasteiger partial charge in [0.15, 0.2) is 17.2 Å². The lowest BCUT2D eigenvalue weighted by Crippen LogP contribution is -2.31. The first-order valence-corrected chi connectivity index (χ1v) is 7.47. The van der Waals surface area contributed by atoms with Crippen LogP contribution in [0.5, 0.6) is 0 Å². The molecule has 0 bridgehead atoms. The number of hydrogen-bond acceptors (Lipinski definition) is 3. The Morgan fingerprint density at radius 2 is 1.73 bits per heavy atom. The Balaban J connectivity index is 2.42. The van der Waals surface area contributed by atoms with E-state index >= 15 is 0 Å². The van der Waals surface area contributed by atoms with Crippen LogP contribution in [0.15, 0.2) is 53.3 Å². The number of hydrogen-bond donors (Lipinski definition) is 0. The molecule has 0 atom stereocenters. The van der Waals surface area contributed by atoms with Gasteiger partial charge in [0.05, 0.1) is 15.5 Å². The second-order valence-corrected chi connectivity index (χ2v) is 6.14. The first-order chi connectivity index (χ1) is 10.4. The molecule has 0 saturated heterocycles. The molecule has 3 aromatic rings. The average molecular weight is 433 g/mol. The van der Waals surface area contributed by atoms with Gasteiger partial charge in [0, 0.05) is 10.5 Å². The molecule has 0 amide bonds. The molecule has 1 heterocycles. The van der Waals surface area contributed by atoms with Crippen LogP contribution in [-0.4, -0.2) is 4.57 Å². The van der Waals surface area contributed by atoms with E-state index in [9.17, 15) is 18.4 Å². The summed E-state index contributed by atoms with van der Waals surface area (Å²) in [4.78, 5) is 24.5. The summed E-state index contributed by atoms with van der Waals surface area (Å²) >= 11 is 6.43. The molecule has 3 rings (SSSR count). The molecular weight excluding hydrogens is 428 g/mol. The van der Waals surface area contributed by atoms with Gasteiger partial charge in [0.2, 0.25) is 0 Å². The van der Waals surface area contributed by atoms with E-state index in [4.69, 9.17) is 4.42 Å². The van der Waals surface area contributed by atoms with Crippen LogP contribution in [0.3, 0.4) is 0 Å². The van der Waals surface area contributed by atoms with Crippen molar-refractivity contribution in [2.75, 3.05) is 0 Å². The highest BCUT2D eigenvalue weighted by molar-refractivity contribution is 9.11. The Hall–Kier alpha value is -1.80. The van der Waals surface area contributed by atoms with E-state index in [0.29, 0.717) is 13.5 Å². The van der Waals surface area contributed by atoms with Crippen molar-refractivity contribution in [1.29, 1.82) is 0 Å². The Morgan fingerprint density at radius 3 is 2.41 bits per heavy atom. The summed E-state index contributed by atoms with van der Waals surface area (Å²) in [5.41, 5.74) is -0.730. The molecule has 112 valence electrons. The lowest BCUT2D eigenvalue weighted by atomic mass is 10.2. The van der Waals surface area contributed by atoms with Crippen molar-refractivity contribution in [2.45, 2.75) is 0 Å². The van der Waals surface area contributed by atoms with Gasteiger partial charge < -0.3 is 4.42 Å². The van der Waals surface area contributed by atoms with Gasteiger partial charge in [0.1, 0.15) is 0 Å². The summed E-state index contributed by atoms with van der Waals surface area (Å²) in [6.07, 6.45) is 0. The predicted octanol–water partition coefficient (Wildman–Crippen LogP) is 3.75. The molecule has 0 N–H and O–H groups in total. The average Bonchev–Trinajstić information content (AvgIpc) is 2.44. The van der Waals surface area contributed by atoms with Crippen molar-refractivity contribution < 1.29 is 13.2 Å². The van der Waals surface area contributed by atoms with Crippen molar-refractivity contribution in [3.05, 3.63) is 71.8 Å².